The number of aromatic nitrogens is 2. The molecule has 25 heavy (non-hydrogen) atoms. The summed E-state index contributed by atoms with van der Waals surface area (Å²) in [6.45, 7) is 0. The maximum atomic E-state index is 11.9. The second-order valence-electron chi connectivity index (χ2n) is 5.18. The number of nitrogens with zero attached hydrogens (tertiary/aromatic N) is 2. The highest BCUT2D eigenvalue weighted by Crippen LogP contribution is 2.48. The lowest BCUT2D eigenvalue weighted by Gasteiger charge is -2.18. The molecule has 132 valence electrons. The Morgan fingerprint density at radius 1 is 1.44 bits per heavy atom. The van der Waals surface area contributed by atoms with E-state index in [9.17, 15) is 19.8 Å². The third-order valence-corrected chi connectivity index (χ3v) is 4.80. The Morgan fingerprint density at radius 2 is 2.20 bits per heavy atom. The molecule has 0 amide bonds. The van der Waals surface area contributed by atoms with Crippen molar-refractivity contribution in [2.24, 2.45) is 0 Å². The normalized spacial score (nSPS) is 19.7. The van der Waals surface area contributed by atoms with E-state index in [1.165, 1.54) is 47.8 Å². The summed E-state index contributed by atoms with van der Waals surface area (Å²) in [6.07, 6.45) is 0.796. The van der Waals surface area contributed by atoms with Gasteiger partial charge in [0.25, 0.3) is 0 Å². The van der Waals surface area contributed by atoms with Gasteiger partial charge in [-0.05, 0) is 18.2 Å². The van der Waals surface area contributed by atoms with Gasteiger partial charge in [0.05, 0.1) is 18.2 Å². The van der Waals surface area contributed by atoms with Crippen LogP contribution in [0.15, 0.2) is 29.2 Å². The van der Waals surface area contributed by atoms with E-state index in [1.807, 2.05) is 0 Å². The van der Waals surface area contributed by atoms with Crippen molar-refractivity contribution >= 4 is 23.5 Å². The number of anilines is 1. The van der Waals surface area contributed by atoms with Crippen LogP contribution in [-0.4, -0.2) is 38.6 Å². The van der Waals surface area contributed by atoms with Gasteiger partial charge in [-0.25, -0.2) is 9.59 Å². The van der Waals surface area contributed by atoms with E-state index in [4.69, 9.17) is 15.2 Å². The van der Waals surface area contributed by atoms with Crippen molar-refractivity contribution in [3.63, 3.8) is 0 Å². The fourth-order valence-corrected chi connectivity index (χ4v) is 3.65. The Balaban J connectivity index is 1.95. The molecule has 9 nitrogen and oxygen atoms in total. The van der Waals surface area contributed by atoms with E-state index in [-0.39, 0.29) is 22.7 Å². The Labute approximate surface area is 146 Å². The average molecular weight is 365 g/mol. The van der Waals surface area contributed by atoms with Gasteiger partial charge in [0.2, 0.25) is 0 Å². The number of hydrogen-bond donors (Lipinski definition) is 3. The van der Waals surface area contributed by atoms with Crippen LogP contribution in [-0.2, 0) is 9.47 Å². The number of esters is 1. The molecule has 1 aromatic carbocycles. The van der Waals surface area contributed by atoms with Crippen LogP contribution >= 0.6 is 11.8 Å². The lowest BCUT2D eigenvalue weighted by atomic mass is 10.1. The summed E-state index contributed by atoms with van der Waals surface area (Å²) in [5.41, 5.74) is 4.28. The number of aromatic hydroxyl groups is 2. The minimum atomic E-state index is -0.782. The molecule has 1 fully saturated rings. The first kappa shape index (κ1) is 17.1. The average Bonchev–Trinajstić information content (AvgIpc) is 3.05. The predicted molar refractivity (Wildman–Crippen MR) is 89.3 cm³/mol. The third kappa shape index (κ3) is 3.13. The number of methoxy groups -OCH3 is 1. The zero-order chi connectivity index (χ0) is 18.1. The molecule has 0 saturated carbocycles. The van der Waals surface area contributed by atoms with Gasteiger partial charge in [0.1, 0.15) is 17.5 Å². The quantitative estimate of drug-likeness (QED) is 0.537. The molecule has 0 bridgehead atoms. The third-order valence-electron chi connectivity index (χ3n) is 3.67. The van der Waals surface area contributed by atoms with Crippen LogP contribution in [0.4, 0.5) is 5.82 Å². The zero-order valence-electron chi connectivity index (χ0n) is 13.1. The Kier molecular flexibility index (Phi) is 4.55. The highest BCUT2D eigenvalue weighted by atomic mass is 32.2. The van der Waals surface area contributed by atoms with Crippen LogP contribution in [0.3, 0.4) is 0 Å². The summed E-state index contributed by atoms with van der Waals surface area (Å²) in [5, 5.41) is 19.9. The molecule has 1 aromatic heterocycles. The van der Waals surface area contributed by atoms with Gasteiger partial charge in [0, 0.05) is 11.9 Å². The molecule has 0 unspecified atom stereocenters. The van der Waals surface area contributed by atoms with E-state index in [0.29, 0.717) is 5.75 Å². The van der Waals surface area contributed by atoms with E-state index in [0.717, 1.165) is 0 Å². The maximum Gasteiger partial charge on any atom is 0.351 e. The molecule has 10 heteroatoms. The topological polar surface area (TPSA) is 137 Å². The minimum Gasteiger partial charge on any atom is -0.504 e. The van der Waals surface area contributed by atoms with Gasteiger partial charge >= 0.3 is 11.7 Å². The summed E-state index contributed by atoms with van der Waals surface area (Å²) >= 11 is 1.26. The largest absolute Gasteiger partial charge is 0.504 e. The standard InChI is InChI=1S/C15H15N3O6S/c1-23-13(21)7-2-3-8(19)12(20)11(7)14-24-10(6-25-14)18-5-4-9(16)17-15(18)22/h2-5,10,14,19-20H,6H2,1H3,(H2,16,17,22)/t10-,14+/m0/s1. The second kappa shape index (κ2) is 6.65. The summed E-state index contributed by atoms with van der Waals surface area (Å²) in [7, 11) is 1.21. The van der Waals surface area contributed by atoms with E-state index < -0.39 is 29.1 Å². The van der Waals surface area contributed by atoms with E-state index in [1.54, 1.807) is 0 Å². The number of nitrogens with two attached hydrogens (primary N) is 1. The van der Waals surface area contributed by atoms with Gasteiger partial charge in [-0.3, -0.25) is 4.57 Å². The van der Waals surface area contributed by atoms with Crippen molar-refractivity contribution in [1.82, 2.24) is 9.55 Å². The molecule has 0 radical (unpaired) electrons. The first-order valence-electron chi connectivity index (χ1n) is 7.17. The van der Waals surface area contributed by atoms with E-state index in [2.05, 4.69) is 4.98 Å². The van der Waals surface area contributed by atoms with Crippen molar-refractivity contribution in [1.29, 1.82) is 0 Å². The fraction of sp³-hybridized carbons (Fsp3) is 0.267. The summed E-state index contributed by atoms with van der Waals surface area (Å²) in [6, 6.07) is 4.00. The Morgan fingerprint density at radius 3 is 2.88 bits per heavy atom. The zero-order valence-corrected chi connectivity index (χ0v) is 13.9. The Bertz CT molecular complexity index is 884. The van der Waals surface area contributed by atoms with Gasteiger partial charge in [0.15, 0.2) is 11.5 Å². The monoisotopic (exact) mass is 365 g/mol. The summed E-state index contributed by atoms with van der Waals surface area (Å²) < 4.78 is 11.8. The number of ether oxygens (including phenoxy) is 2. The maximum absolute atomic E-state index is 11.9. The number of phenolic OH excluding ortho intramolecular Hbond substituents is 2. The van der Waals surface area contributed by atoms with E-state index >= 15 is 0 Å². The number of carbonyl (C=O) groups excluding carboxylic acids is 1. The van der Waals surface area contributed by atoms with Crippen LogP contribution in [0.5, 0.6) is 11.5 Å². The highest BCUT2D eigenvalue weighted by molar-refractivity contribution is 7.99. The number of phenols is 2. The number of hydrogen-bond acceptors (Lipinski definition) is 9. The summed E-state index contributed by atoms with van der Waals surface area (Å²) in [4.78, 5) is 27.5. The molecular formula is C15H15N3O6S. The van der Waals surface area contributed by atoms with Crippen molar-refractivity contribution in [3.05, 3.63) is 46.0 Å². The van der Waals surface area contributed by atoms with Gasteiger partial charge < -0.3 is 25.4 Å². The molecule has 1 saturated heterocycles. The lowest BCUT2D eigenvalue weighted by Crippen LogP contribution is -2.28. The van der Waals surface area contributed by atoms with Gasteiger partial charge in [-0.1, -0.05) is 0 Å². The molecule has 4 N–H and O–H groups in total. The number of carbonyl (C=O) groups is 1. The van der Waals surface area contributed by atoms with Crippen LogP contribution in [0.1, 0.15) is 27.6 Å². The second-order valence-corrected chi connectivity index (χ2v) is 6.28. The molecule has 2 atom stereocenters. The van der Waals surface area contributed by atoms with Crippen molar-refractivity contribution in [3.8, 4) is 11.5 Å². The number of rotatable bonds is 3. The molecule has 2 aromatic rings. The smallest absolute Gasteiger partial charge is 0.351 e. The number of benzene rings is 1. The highest BCUT2D eigenvalue weighted by Gasteiger charge is 2.34. The molecule has 1 aliphatic rings. The Hall–Kier alpha value is -2.72. The SMILES string of the molecule is COC(=O)c1ccc(O)c(O)c1[C@@H]1O[C@H](n2ccc(N)nc2=O)CS1. The van der Waals surface area contributed by atoms with Crippen LogP contribution in [0.25, 0.3) is 0 Å². The molecule has 2 heterocycles. The van der Waals surface area contributed by atoms with Gasteiger partial charge in [-0.2, -0.15) is 4.98 Å². The molecule has 0 aliphatic carbocycles. The summed E-state index contributed by atoms with van der Waals surface area (Å²) in [5.74, 6) is -1.07. The first-order chi connectivity index (χ1) is 11.9. The van der Waals surface area contributed by atoms with Crippen LogP contribution in [0.2, 0.25) is 0 Å². The first-order valence-corrected chi connectivity index (χ1v) is 8.22. The number of thioether (sulfide) groups is 1. The van der Waals surface area contributed by atoms with Crippen LogP contribution in [0, 0.1) is 0 Å². The molecular weight excluding hydrogens is 350 g/mol. The molecule has 3 rings (SSSR count). The predicted octanol–water partition coefficient (Wildman–Crippen LogP) is 0.984. The molecule has 0 spiro atoms. The van der Waals surface area contributed by atoms with Gasteiger partial charge in [-0.15, -0.1) is 11.8 Å². The van der Waals surface area contributed by atoms with Crippen molar-refractivity contribution in [2.45, 2.75) is 11.7 Å². The van der Waals surface area contributed by atoms with Crippen molar-refractivity contribution in [2.75, 3.05) is 18.6 Å². The fourth-order valence-electron chi connectivity index (χ4n) is 2.46. The lowest BCUT2D eigenvalue weighted by molar-refractivity contribution is 0.0134. The van der Waals surface area contributed by atoms with Crippen LogP contribution < -0.4 is 11.4 Å². The van der Waals surface area contributed by atoms with Crippen molar-refractivity contribution < 1.29 is 24.5 Å². The minimum absolute atomic E-state index is 0.0683. The number of nitrogen functional groups attached to an aromatic ring is 1. The molecule has 1 aliphatic heterocycles.